The van der Waals surface area contributed by atoms with Crippen molar-refractivity contribution < 1.29 is 9.53 Å². The Morgan fingerprint density at radius 1 is 1.26 bits per heavy atom. The number of carbonyl (C=O) groups excluding carboxylic acids is 1. The van der Waals surface area contributed by atoms with Crippen molar-refractivity contribution in [1.29, 1.82) is 0 Å². The van der Waals surface area contributed by atoms with Gasteiger partial charge in [-0.05, 0) is 35.9 Å². The van der Waals surface area contributed by atoms with Gasteiger partial charge in [0.15, 0.2) is 5.69 Å². The molecular weight excluding hydrogens is 292 g/mol. The number of aromatic amines is 1. The number of hydrogen-bond acceptors (Lipinski definition) is 4. The Hall–Kier alpha value is -3.15. The number of ether oxygens (including phenoxy) is 1. The number of pyridine rings is 1. The lowest BCUT2D eigenvalue weighted by Crippen LogP contribution is -2.12. The number of H-pyrrole nitrogens is 1. The maximum Gasteiger partial charge on any atom is 0.276 e. The topological polar surface area (TPSA) is 79.9 Å². The number of nitrogens with zero attached hydrogens (tertiary/aromatic N) is 2. The molecule has 1 aromatic carbocycles. The number of hydrogen-bond donors (Lipinski definition) is 2. The molecule has 1 amide bonds. The van der Waals surface area contributed by atoms with Crippen molar-refractivity contribution in [3.05, 3.63) is 71.8 Å². The van der Waals surface area contributed by atoms with E-state index in [1.54, 1.807) is 37.7 Å². The second-order valence-corrected chi connectivity index (χ2v) is 5.00. The van der Waals surface area contributed by atoms with Crippen molar-refractivity contribution in [2.24, 2.45) is 0 Å². The van der Waals surface area contributed by atoms with E-state index in [4.69, 9.17) is 4.74 Å². The summed E-state index contributed by atoms with van der Waals surface area (Å²) in [7, 11) is 1.64. The Labute approximate surface area is 133 Å². The van der Waals surface area contributed by atoms with Gasteiger partial charge in [-0.15, -0.1) is 0 Å². The lowest BCUT2D eigenvalue weighted by Gasteiger charge is -2.02. The molecule has 3 aromatic rings. The molecule has 116 valence electrons. The van der Waals surface area contributed by atoms with Gasteiger partial charge >= 0.3 is 0 Å². The van der Waals surface area contributed by atoms with E-state index < -0.39 is 0 Å². The summed E-state index contributed by atoms with van der Waals surface area (Å²) >= 11 is 0. The molecule has 0 atom stereocenters. The highest BCUT2D eigenvalue weighted by molar-refractivity contribution is 6.02. The fraction of sp³-hybridized carbons (Fsp3) is 0.118. The molecule has 0 aliphatic rings. The van der Waals surface area contributed by atoms with Crippen LogP contribution in [0.4, 0.5) is 5.69 Å². The van der Waals surface area contributed by atoms with Crippen LogP contribution in [0, 0.1) is 0 Å². The molecule has 0 spiro atoms. The van der Waals surface area contributed by atoms with E-state index >= 15 is 0 Å². The normalized spacial score (nSPS) is 10.3. The van der Waals surface area contributed by atoms with Crippen molar-refractivity contribution >= 4 is 11.6 Å². The smallest absolute Gasteiger partial charge is 0.276 e. The minimum atomic E-state index is -0.268. The monoisotopic (exact) mass is 308 g/mol. The Morgan fingerprint density at radius 2 is 2.09 bits per heavy atom. The first-order valence-corrected chi connectivity index (χ1v) is 7.13. The number of anilines is 1. The number of benzene rings is 1. The molecule has 0 aliphatic heterocycles. The van der Waals surface area contributed by atoms with Crippen molar-refractivity contribution in [3.63, 3.8) is 0 Å². The molecule has 0 unspecified atom stereocenters. The van der Waals surface area contributed by atoms with Gasteiger partial charge < -0.3 is 10.1 Å². The average molecular weight is 308 g/mol. The molecule has 0 radical (unpaired) electrons. The molecule has 0 saturated carbocycles. The van der Waals surface area contributed by atoms with Gasteiger partial charge in [0.1, 0.15) is 5.75 Å². The highest BCUT2D eigenvalue weighted by atomic mass is 16.5. The fourth-order valence-corrected chi connectivity index (χ4v) is 2.16. The van der Waals surface area contributed by atoms with Crippen LogP contribution in [-0.2, 0) is 6.42 Å². The van der Waals surface area contributed by atoms with Gasteiger partial charge in [-0.1, -0.05) is 12.1 Å². The number of amides is 1. The number of nitrogens with one attached hydrogen (secondary N) is 2. The van der Waals surface area contributed by atoms with Crippen LogP contribution >= 0.6 is 0 Å². The Bertz CT molecular complexity index is 782. The van der Waals surface area contributed by atoms with Gasteiger partial charge in [0.25, 0.3) is 5.91 Å². The first-order chi connectivity index (χ1) is 11.2. The van der Waals surface area contributed by atoms with Crippen molar-refractivity contribution in [2.45, 2.75) is 6.42 Å². The van der Waals surface area contributed by atoms with Gasteiger partial charge in [-0.3, -0.25) is 14.9 Å². The summed E-state index contributed by atoms with van der Waals surface area (Å²) in [4.78, 5) is 16.1. The molecule has 0 aliphatic carbocycles. The number of carbonyl (C=O) groups is 1. The minimum absolute atomic E-state index is 0.268. The van der Waals surface area contributed by atoms with Gasteiger partial charge in [-0.2, -0.15) is 5.10 Å². The number of rotatable bonds is 5. The van der Waals surface area contributed by atoms with Crippen LogP contribution in [0.1, 0.15) is 21.7 Å². The quantitative estimate of drug-likeness (QED) is 0.759. The summed E-state index contributed by atoms with van der Waals surface area (Å²) in [6, 6.07) is 13.1. The van der Waals surface area contributed by atoms with Gasteiger partial charge in [0, 0.05) is 18.3 Å². The maximum atomic E-state index is 12.1. The molecule has 6 nitrogen and oxygen atoms in total. The molecule has 6 heteroatoms. The molecule has 3 rings (SSSR count). The summed E-state index contributed by atoms with van der Waals surface area (Å²) in [5.41, 5.74) is 2.95. The second kappa shape index (κ2) is 6.74. The summed E-state index contributed by atoms with van der Waals surface area (Å²) in [6.07, 6.45) is 3.90. The summed E-state index contributed by atoms with van der Waals surface area (Å²) in [6.45, 7) is 0. The van der Waals surface area contributed by atoms with E-state index in [0.717, 1.165) is 17.0 Å². The largest absolute Gasteiger partial charge is 0.497 e. The summed E-state index contributed by atoms with van der Waals surface area (Å²) in [5.74, 6) is 0.546. The molecule has 2 aromatic heterocycles. The molecule has 0 bridgehead atoms. The molecular formula is C17H16N4O2. The number of methoxy groups -OCH3 is 1. The van der Waals surface area contributed by atoms with Crippen LogP contribution in [0.5, 0.6) is 5.75 Å². The van der Waals surface area contributed by atoms with E-state index in [1.807, 2.05) is 24.3 Å². The minimum Gasteiger partial charge on any atom is -0.497 e. The van der Waals surface area contributed by atoms with Gasteiger partial charge in [0.2, 0.25) is 0 Å². The van der Waals surface area contributed by atoms with E-state index in [9.17, 15) is 4.79 Å². The van der Waals surface area contributed by atoms with Gasteiger partial charge in [0.05, 0.1) is 19.0 Å². The third kappa shape index (κ3) is 3.74. The van der Waals surface area contributed by atoms with Crippen LogP contribution in [0.15, 0.2) is 54.9 Å². The highest BCUT2D eigenvalue weighted by Gasteiger charge is 2.11. The number of aromatic nitrogens is 3. The third-order valence-electron chi connectivity index (χ3n) is 3.34. The first kappa shape index (κ1) is 14.8. The SMILES string of the molecule is COc1ccc(Cc2cc(C(=O)Nc3cccnc3)n[nH]2)cc1. The van der Waals surface area contributed by atoms with E-state index in [0.29, 0.717) is 17.8 Å². The van der Waals surface area contributed by atoms with Crippen LogP contribution in [-0.4, -0.2) is 28.2 Å². The lowest BCUT2D eigenvalue weighted by molar-refractivity contribution is 0.102. The molecule has 2 heterocycles. The van der Waals surface area contributed by atoms with Crippen LogP contribution in [0.3, 0.4) is 0 Å². The fourth-order valence-electron chi connectivity index (χ4n) is 2.16. The van der Waals surface area contributed by atoms with Crippen LogP contribution in [0.25, 0.3) is 0 Å². The van der Waals surface area contributed by atoms with Crippen LogP contribution < -0.4 is 10.1 Å². The Balaban J connectivity index is 1.66. The predicted molar refractivity (Wildman–Crippen MR) is 86.6 cm³/mol. The Morgan fingerprint density at radius 3 is 2.78 bits per heavy atom. The lowest BCUT2D eigenvalue weighted by atomic mass is 10.1. The molecule has 23 heavy (non-hydrogen) atoms. The highest BCUT2D eigenvalue weighted by Crippen LogP contribution is 2.15. The van der Waals surface area contributed by atoms with E-state index in [1.165, 1.54) is 0 Å². The molecule has 0 fully saturated rings. The Kier molecular flexibility index (Phi) is 4.33. The molecule has 0 saturated heterocycles. The first-order valence-electron chi connectivity index (χ1n) is 7.13. The summed E-state index contributed by atoms with van der Waals surface area (Å²) in [5, 5.41) is 9.70. The van der Waals surface area contributed by atoms with Crippen molar-refractivity contribution in [3.8, 4) is 5.75 Å². The van der Waals surface area contributed by atoms with Crippen molar-refractivity contribution in [2.75, 3.05) is 12.4 Å². The second-order valence-electron chi connectivity index (χ2n) is 5.00. The maximum absolute atomic E-state index is 12.1. The summed E-state index contributed by atoms with van der Waals surface area (Å²) < 4.78 is 5.13. The van der Waals surface area contributed by atoms with Crippen LogP contribution in [0.2, 0.25) is 0 Å². The zero-order valence-corrected chi connectivity index (χ0v) is 12.6. The third-order valence-corrected chi connectivity index (χ3v) is 3.34. The van der Waals surface area contributed by atoms with E-state index in [-0.39, 0.29) is 5.91 Å². The molecule has 2 N–H and O–H groups in total. The average Bonchev–Trinajstić information content (AvgIpc) is 3.05. The predicted octanol–water partition coefficient (Wildman–Crippen LogP) is 2.66. The van der Waals surface area contributed by atoms with Crippen molar-refractivity contribution in [1.82, 2.24) is 15.2 Å². The van der Waals surface area contributed by atoms with E-state index in [2.05, 4.69) is 20.5 Å². The zero-order chi connectivity index (χ0) is 16.1. The zero-order valence-electron chi connectivity index (χ0n) is 12.6. The van der Waals surface area contributed by atoms with Gasteiger partial charge in [-0.25, -0.2) is 0 Å². The standard InChI is InChI=1S/C17H16N4O2/c1-23-15-6-4-12(5-7-15)9-14-10-16(21-20-14)17(22)19-13-3-2-8-18-11-13/h2-8,10-11H,9H2,1H3,(H,19,22)(H,20,21).